The van der Waals surface area contributed by atoms with Gasteiger partial charge in [0.1, 0.15) is 0 Å². The number of H-pyrrole nitrogens is 1. The molecule has 0 saturated heterocycles. The number of hydrogen-bond acceptors (Lipinski definition) is 3. The number of aryl methyl sites for hydroxylation is 1. The summed E-state index contributed by atoms with van der Waals surface area (Å²) >= 11 is -1.96. The molecule has 0 radical (unpaired) electrons. The summed E-state index contributed by atoms with van der Waals surface area (Å²) in [7, 11) is -3.75. The smallest absolute Gasteiger partial charge is 0.261 e. The molecule has 8 heteroatoms. The molecular weight excluding hydrogens is 348 g/mol. The number of para-hydroxylation sites is 1. The molecule has 0 bridgehead atoms. The lowest BCUT2D eigenvalue weighted by atomic mass is 10.2. The highest BCUT2D eigenvalue weighted by Gasteiger charge is 2.16. The van der Waals surface area contributed by atoms with Crippen LogP contribution < -0.4 is 4.72 Å². The van der Waals surface area contributed by atoms with Crippen LogP contribution in [-0.4, -0.2) is 22.2 Å². The molecule has 0 spiro atoms. The van der Waals surface area contributed by atoms with E-state index in [0.717, 1.165) is 16.5 Å². The fraction of sp³-hybridized carbons (Fsp3) is 0.125. The Balaban J connectivity index is 1.91. The lowest BCUT2D eigenvalue weighted by molar-refractivity contribution is 0.563. The predicted octanol–water partition coefficient (Wildman–Crippen LogP) is 3.00. The predicted molar refractivity (Wildman–Crippen MR) is 94.8 cm³/mol. The number of aromatic nitrogens is 1. The molecule has 1 aromatic heterocycles. The van der Waals surface area contributed by atoms with Crippen molar-refractivity contribution in [2.45, 2.75) is 17.6 Å². The zero-order valence-electron chi connectivity index (χ0n) is 12.8. The molecule has 0 fully saturated rings. The number of sulfonamides is 1. The Morgan fingerprint density at radius 2 is 1.88 bits per heavy atom. The maximum atomic E-state index is 12.6. The fourth-order valence-electron chi connectivity index (χ4n) is 2.49. The summed E-state index contributed by atoms with van der Waals surface area (Å²) in [5.74, 6) is -0.0329. The molecule has 1 atom stereocenters. The summed E-state index contributed by atoms with van der Waals surface area (Å²) in [5.41, 5.74) is 2.83. The topological polar surface area (TPSA) is 99.3 Å². The van der Waals surface area contributed by atoms with Gasteiger partial charge in [-0.05, 0) is 36.2 Å². The van der Waals surface area contributed by atoms with Gasteiger partial charge in [-0.25, -0.2) is 12.6 Å². The lowest BCUT2D eigenvalue weighted by Crippen LogP contribution is -2.13. The summed E-state index contributed by atoms with van der Waals surface area (Å²) in [4.78, 5) is 3.17. The zero-order chi connectivity index (χ0) is 17.3. The van der Waals surface area contributed by atoms with Crippen molar-refractivity contribution in [3.8, 4) is 0 Å². The van der Waals surface area contributed by atoms with Crippen LogP contribution in [0.15, 0.2) is 53.6 Å². The van der Waals surface area contributed by atoms with Gasteiger partial charge in [-0.3, -0.25) is 4.72 Å². The van der Waals surface area contributed by atoms with E-state index in [1.54, 1.807) is 12.1 Å². The number of aromatic amines is 1. The van der Waals surface area contributed by atoms with Gasteiger partial charge in [0.25, 0.3) is 10.0 Å². The molecule has 3 rings (SSSR count). The Morgan fingerprint density at radius 1 is 1.17 bits per heavy atom. The van der Waals surface area contributed by atoms with Gasteiger partial charge in [0.2, 0.25) is 0 Å². The Hall–Kier alpha value is -2.16. The van der Waals surface area contributed by atoms with Gasteiger partial charge in [-0.1, -0.05) is 24.3 Å². The second-order valence-corrected chi connectivity index (χ2v) is 8.03. The molecule has 24 heavy (non-hydrogen) atoms. The van der Waals surface area contributed by atoms with E-state index in [1.165, 1.54) is 24.3 Å². The van der Waals surface area contributed by atoms with Crippen LogP contribution in [-0.2, 0) is 26.9 Å². The van der Waals surface area contributed by atoms with Gasteiger partial charge < -0.3 is 9.54 Å². The highest BCUT2D eigenvalue weighted by Crippen LogP contribution is 2.27. The van der Waals surface area contributed by atoms with Crippen molar-refractivity contribution < 1.29 is 17.2 Å². The van der Waals surface area contributed by atoms with E-state index < -0.39 is 21.1 Å². The van der Waals surface area contributed by atoms with E-state index in [1.807, 2.05) is 19.2 Å². The van der Waals surface area contributed by atoms with Gasteiger partial charge in [0, 0.05) is 11.6 Å². The Morgan fingerprint density at radius 3 is 2.54 bits per heavy atom. The number of anilines is 1. The van der Waals surface area contributed by atoms with Crippen LogP contribution in [0.4, 0.5) is 5.69 Å². The average molecular weight is 364 g/mol. The van der Waals surface area contributed by atoms with E-state index >= 15 is 0 Å². The first-order valence-electron chi connectivity index (χ1n) is 7.13. The van der Waals surface area contributed by atoms with E-state index in [-0.39, 0.29) is 10.6 Å². The van der Waals surface area contributed by atoms with E-state index in [9.17, 15) is 12.6 Å². The van der Waals surface area contributed by atoms with Gasteiger partial charge in [0.15, 0.2) is 11.1 Å². The molecule has 0 aliphatic heterocycles. The Labute approximate surface area is 142 Å². The molecule has 1 unspecified atom stereocenters. The zero-order valence-corrected chi connectivity index (χ0v) is 14.4. The second kappa shape index (κ2) is 6.39. The standard InChI is InChI=1S/C16H16N2O4S2/c1-11-9-17-16-14(11)3-2-4-15(16)18-24(21,22)13-7-5-12(6-8-13)10-23(19)20/h2-9,17-18H,10H2,1H3,(H,19,20). The number of benzene rings is 2. The normalized spacial score (nSPS) is 13.1. The first-order chi connectivity index (χ1) is 11.4. The van der Waals surface area contributed by atoms with Crippen molar-refractivity contribution in [2.24, 2.45) is 0 Å². The summed E-state index contributed by atoms with van der Waals surface area (Å²) in [6, 6.07) is 11.3. The van der Waals surface area contributed by atoms with Crippen molar-refractivity contribution in [1.29, 1.82) is 0 Å². The van der Waals surface area contributed by atoms with Gasteiger partial charge >= 0.3 is 0 Å². The van der Waals surface area contributed by atoms with Crippen LogP contribution >= 0.6 is 0 Å². The highest BCUT2D eigenvalue weighted by molar-refractivity contribution is 7.92. The second-order valence-electron chi connectivity index (χ2n) is 5.42. The van der Waals surface area contributed by atoms with Crippen molar-refractivity contribution >= 4 is 37.7 Å². The molecule has 0 aliphatic carbocycles. The quantitative estimate of drug-likeness (QED) is 0.606. The summed E-state index contributed by atoms with van der Waals surface area (Å²) in [6.07, 6.45) is 1.83. The number of hydrogen-bond donors (Lipinski definition) is 3. The summed E-state index contributed by atoms with van der Waals surface area (Å²) in [5, 5.41) is 0.955. The van der Waals surface area contributed by atoms with Crippen LogP contribution in [0.1, 0.15) is 11.1 Å². The Bertz CT molecular complexity index is 1010. The van der Waals surface area contributed by atoms with Crippen LogP contribution in [0.5, 0.6) is 0 Å². The minimum Gasteiger partial charge on any atom is -0.359 e. The highest BCUT2D eigenvalue weighted by atomic mass is 32.2. The largest absolute Gasteiger partial charge is 0.359 e. The minimum absolute atomic E-state index is 0.0329. The maximum absolute atomic E-state index is 12.6. The van der Waals surface area contributed by atoms with Crippen molar-refractivity contribution in [3.05, 3.63) is 59.8 Å². The third kappa shape index (κ3) is 3.35. The third-order valence-electron chi connectivity index (χ3n) is 3.69. The van der Waals surface area contributed by atoms with Crippen LogP contribution in [0.3, 0.4) is 0 Å². The van der Waals surface area contributed by atoms with Crippen LogP contribution in [0, 0.1) is 6.92 Å². The molecular formula is C16H16N2O4S2. The van der Waals surface area contributed by atoms with Gasteiger partial charge in [-0.15, -0.1) is 0 Å². The number of nitrogens with one attached hydrogen (secondary N) is 2. The van der Waals surface area contributed by atoms with Crippen LogP contribution in [0.2, 0.25) is 0 Å². The summed E-state index contributed by atoms with van der Waals surface area (Å²) < 4.78 is 47.4. The van der Waals surface area contributed by atoms with Crippen molar-refractivity contribution in [3.63, 3.8) is 0 Å². The van der Waals surface area contributed by atoms with E-state index in [0.29, 0.717) is 11.3 Å². The molecule has 1 heterocycles. The molecule has 6 nitrogen and oxygen atoms in total. The molecule has 3 N–H and O–H groups in total. The number of fused-ring (bicyclic) bond motifs is 1. The maximum Gasteiger partial charge on any atom is 0.261 e. The number of rotatable bonds is 5. The fourth-order valence-corrected chi connectivity index (χ4v) is 4.04. The monoisotopic (exact) mass is 364 g/mol. The van der Waals surface area contributed by atoms with E-state index in [2.05, 4.69) is 9.71 Å². The van der Waals surface area contributed by atoms with Gasteiger partial charge in [0.05, 0.1) is 21.9 Å². The van der Waals surface area contributed by atoms with Crippen LogP contribution in [0.25, 0.3) is 10.9 Å². The average Bonchev–Trinajstić information content (AvgIpc) is 2.90. The molecule has 126 valence electrons. The molecule has 2 aromatic carbocycles. The first-order valence-corrected chi connectivity index (χ1v) is 9.88. The molecule has 0 saturated carbocycles. The first kappa shape index (κ1) is 16.7. The lowest BCUT2D eigenvalue weighted by Gasteiger charge is -2.10. The van der Waals surface area contributed by atoms with E-state index in [4.69, 9.17) is 4.55 Å². The summed E-state index contributed by atoms with van der Waals surface area (Å²) in [6.45, 7) is 1.95. The molecule has 0 aliphatic rings. The Kier molecular flexibility index (Phi) is 4.44. The SMILES string of the molecule is Cc1c[nH]c2c(NS(=O)(=O)c3ccc(CS(=O)O)cc3)cccc12. The molecule has 0 amide bonds. The van der Waals surface area contributed by atoms with Crippen molar-refractivity contribution in [2.75, 3.05) is 4.72 Å². The minimum atomic E-state index is -3.75. The molecule has 3 aromatic rings. The third-order valence-corrected chi connectivity index (χ3v) is 5.65. The van der Waals surface area contributed by atoms with Crippen molar-refractivity contribution in [1.82, 2.24) is 4.98 Å². The van der Waals surface area contributed by atoms with Gasteiger partial charge in [-0.2, -0.15) is 0 Å².